The maximum atomic E-state index is 11.0. The van der Waals surface area contributed by atoms with Gasteiger partial charge < -0.3 is 4.90 Å². The van der Waals surface area contributed by atoms with Crippen molar-refractivity contribution in [2.75, 3.05) is 31.1 Å². The van der Waals surface area contributed by atoms with Gasteiger partial charge in [-0.1, -0.05) is 24.3 Å². The smallest absolute Gasteiger partial charge is 0.269 e. The molecule has 0 unspecified atom stereocenters. The molecule has 5 nitrogen and oxygen atoms in total. The van der Waals surface area contributed by atoms with Gasteiger partial charge in [-0.2, -0.15) is 0 Å². The summed E-state index contributed by atoms with van der Waals surface area (Å²) in [4.78, 5) is 15.5. The van der Waals surface area contributed by atoms with Crippen molar-refractivity contribution in [1.82, 2.24) is 4.90 Å². The lowest BCUT2D eigenvalue weighted by molar-refractivity contribution is -0.384. The van der Waals surface area contributed by atoms with Crippen LogP contribution >= 0.6 is 0 Å². The molecule has 5 heteroatoms. The molecule has 132 valence electrons. The average molecular weight is 339 g/mol. The molecular weight excluding hydrogens is 314 g/mol. The van der Waals surface area contributed by atoms with Crippen molar-refractivity contribution < 1.29 is 4.92 Å². The fraction of sp³-hybridized carbons (Fsp3) is 0.400. The Morgan fingerprint density at radius 3 is 2.40 bits per heavy atom. The lowest BCUT2D eigenvalue weighted by Gasteiger charge is -2.40. The van der Waals surface area contributed by atoms with Crippen molar-refractivity contribution in [2.45, 2.75) is 26.8 Å². The maximum absolute atomic E-state index is 11.0. The monoisotopic (exact) mass is 339 g/mol. The summed E-state index contributed by atoms with van der Waals surface area (Å²) in [5.41, 5.74) is 5.17. The molecule has 1 fully saturated rings. The number of hydrogen-bond donors (Lipinski definition) is 0. The Kier molecular flexibility index (Phi) is 5.04. The Balaban J connectivity index is 1.68. The number of nitro benzene ring substituents is 1. The fourth-order valence-electron chi connectivity index (χ4n) is 3.54. The molecule has 0 bridgehead atoms. The summed E-state index contributed by atoms with van der Waals surface area (Å²) in [6, 6.07) is 13.7. The first kappa shape index (κ1) is 17.4. The number of piperazine rings is 1. The number of benzene rings is 2. The van der Waals surface area contributed by atoms with Crippen LogP contribution in [0.25, 0.3) is 0 Å². The van der Waals surface area contributed by atoms with Gasteiger partial charge in [-0.15, -0.1) is 0 Å². The summed E-state index contributed by atoms with van der Waals surface area (Å²) >= 11 is 0. The molecule has 1 saturated heterocycles. The number of rotatable bonds is 4. The highest BCUT2D eigenvalue weighted by molar-refractivity contribution is 5.56. The van der Waals surface area contributed by atoms with Gasteiger partial charge in [0.1, 0.15) is 0 Å². The van der Waals surface area contributed by atoms with Crippen LogP contribution in [0.3, 0.4) is 0 Å². The molecule has 0 N–H and O–H groups in total. The molecule has 1 heterocycles. The van der Waals surface area contributed by atoms with Crippen LogP contribution in [0.5, 0.6) is 0 Å². The second kappa shape index (κ2) is 7.23. The van der Waals surface area contributed by atoms with E-state index in [4.69, 9.17) is 0 Å². The molecule has 0 saturated carbocycles. The van der Waals surface area contributed by atoms with Gasteiger partial charge in [0.05, 0.1) is 4.92 Å². The zero-order valence-corrected chi connectivity index (χ0v) is 15.1. The molecule has 3 rings (SSSR count). The van der Waals surface area contributed by atoms with Crippen LogP contribution in [0.1, 0.15) is 29.7 Å². The van der Waals surface area contributed by atoms with Gasteiger partial charge in [0.25, 0.3) is 5.69 Å². The number of aryl methyl sites for hydroxylation is 1. The van der Waals surface area contributed by atoms with Gasteiger partial charge in [-0.25, -0.2) is 0 Å². The first-order chi connectivity index (χ1) is 12.0. The predicted octanol–water partition coefficient (Wildman–Crippen LogP) is 4.09. The predicted molar refractivity (Wildman–Crippen MR) is 101 cm³/mol. The zero-order valence-electron chi connectivity index (χ0n) is 15.1. The Morgan fingerprint density at radius 2 is 1.72 bits per heavy atom. The molecule has 0 amide bonds. The van der Waals surface area contributed by atoms with E-state index in [1.54, 1.807) is 18.2 Å². The number of hydrogen-bond acceptors (Lipinski definition) is 4. The van der Waals surface area contributed by atoms with Crippen LogP contribution in [0.4, 0.5) is 11.4 Å². The quantitative estimate of drug-likeness (QED) is 0.622. The van der Waals surface area contributed by atoms with E-state index in [0.717, 1.165) is 31.7 Å². The largest absolute Gasteiger partial charge is 0.369 e. The molecule has 25 heavy (non-hydrogen) atoms. The summed E-state index contributed by atoms with van der Waals surface area (Å²) in [5.74, 6) is 0. The summed E-state index contributed by atoms with van der Waals surface area (Å²) in [6.45, 7) is 10.3. The molecule has 0 aliphatic carbocycles. The van der Waals surface area contributed by atoms with E-state index in [1.165, 1.54) is 16.8 Å². The van der Waals surface area contributed by atoms with E-state index in [9.17, 15) is 10.1 Å². The highest BCUT2D eigenvalue weighted by atomic mass is 16.6. The number of nitro groups is 1. The van der Waals surface area contributed by atoms with Gasteiger partial charge in [0, 0.05) is 50.0 Å². The van der Waals surface area contributed by atoms with Gasteiger partial charge in [-0.3, -0.25) is 15.0 Å². The Labute approximate surface area is 149 Å². The number of non-ortho nitro benzene ring substituents is 1. The van der Waals surface area contributed by atoms with E-state index < -0.39 is 0 Å². The van der Waals surface area contributed by atoms with Crippen LogP contribution in [0.2, 0.25) is 0 Å². The Morgan fingerprint density at radius 1 is 1.04 bits per heavy atom. The van der Waals surface area contributed by atoms with Crippen molar-refractivity contribution in [1.29, 1.82) is 0 Å². The summed E-state index contributed by atoms with van der Waals surface area (Å²) in [6.07, 6.45) is 0. The number of anilines is 1. The normalized spacial score (nSPS) is 16.7. The van der Waals surface area contributed by atoms with E-state index in [-0.39, 0.29) is 16.7 Å². The van der Waals surface area contributed by atoms with Gasteiger partial charge >= 0.3 is 0 Å². The second-order valence-corrected chi connectivity index (χ2v) is 6.77. The summed E-state index contributed by atoms with van der Waals surface area (Å²) in [5, 5.41) is 11.0. The lowest BCUT2D eigenvalue weighted by atomic mass is 10.0. The topological polar surface area (TPSA) is 49.6 Å². The van der Waals surface area contributed by atoms with Crippen molar-refractivity contribution >= 4 is 11.4 Å². The Bertz CT molecular complexity index is 767. The highest BCUT2D eigenvalue weighted by Crippen LogP contribution is 2.28. The van der Waals surface area contributed by atoms with Crippen LogP contribution in [-0.2, 0) is 0 Å². The van der Waals surface area contributed by atoms with E-state index >= 15 is 0 Å². The Hall–Kier alpha value is -2.40. The first-order valence-corrected chi connectivity index (χ1v) is 8.77. The summed E-state index contributed by atoms with van der Waals surface area (Å²) in [7, 11) is 0. The van der Waals surface area contributed by atoms with Crippen LogP contribution < -0.4 is 4.90 Å². The average Bonchev–Trinajstić information content (AvgIpc) is 2.63. The van der Waals surface area contributed by atoms with Crippen molar-refractivity contribution in [3.05, 3.63) is 69.3 Å². The molecule has 0 spiro atoms. The second-order valence-electron chi connectivity index (χ2n) is 6.77. The third-order valence-corrected chi connectivity index (χ3v) is 5.34. The highest BCUT2D eigenvalue weighted by Gasteiger charge is 2.24. The molecule has 1 aliphatic heterocycles. The SMILES string of the molecule is Cc1cccc(N2CCN([C@@H](C)c3cccc([N+](=O)[O-])c3)CC2)c1C. The molecule has 2 aromatic rings. The van der Waals surface area contributed by atoms with Crippen LogP contribution in [0.15, 0.2) is 42.5 Å². The first-order valence-electron chi connectivity index (χ1n) is 8.77. The van der Waals surface area contributed by atoms with Crippen LogP contribution in [0, 0.1) is 24.0 Å². The molecular formula is C20H25N3O2. The van der Waals surface area contributed by atoms with Gasteiger partial charge in [-0.05, 0) is 43.5 Å². The number of nitrogens with zero attached hydrogens (tertiary/aromatic N) is 3. The minimum atomic E-state index is -0.325. The molecule has 1 atom stereocenters. The third-order valence-electron chi connectivity index (χ3n) is 5.34. The molecule has 0 radical (unpaired) electrons. The lowest BCUT2D eigenvalue weighted by Crippen LogP contribution is -2.47. The molecule has 0 aromatic heterocycles. The van der Waals surface area contributed by atoms with E-state index in [2.05, 4.69) is 48.8 Å². The molecule has 2 aromatic carbocycles. The minimum Gasteiger partial charge on any atom is -0.369 e. The van der Waals surface area contributed by atoms with Crippen LogP contribution in [-0.4, -0.2) is 36.0 Å². The molecule has 1 aliphatic rings. The zero-order chi connectivity index (χ0) is 18.0. The maximum Gasteiger partial charge on any atom is 0.269 e. The van der Waals surface area contributed by atoms with Crippen molar-refractivity contribution in [3.63, 3.8) is 0 Å². The fourth-order valence-corrected chi connectivity index (χ4v) is 3.54. The van der Waals surface area contributed by atoms with Crippen molar-refractivity contribution in [2.24, 2.45) is 0 Å². The standard InChI is InChI=1S/C20H25N3O2/c1-15-6-4-9-20(16(15)2)22-12-10-21(11-13-22)17(3)18-7-5-8-19(14-18)23(24)25/h4-9,14,17H,10-13H2,1-3H3/t17-/m0/s1. The third kappa shape index (κ3) is 3.66. The van der Waals surface area contributed by atoms with Crippen molar-refractivity contribution in [3.8, 4) is 0 Å². The van der Waals surface area contributed by atoms with Gasteiger partial charge in [0.15, 0.2) is 0 Å². The van der Waals surface area contributed by atoms with Gasteiger partial charge in [0.2, 0.25) is 0 Å². The van der Waals surface area contributed by atoms with E-state index in [0.29, 0.717) is 0 Å². The summed E-state index contributed by atoms with van der Waals surface area (Å²) < 4.78 is 0. The minimum absolute atomic E-state index is 0.165. The van der Waals surface area contributed by atoms with E-state index in [1.807, 2.05) is 6.07 Å².